The number of hydrogen-bond donors (Lipinski definition) is 5. The number of alkyl halides is 3. The van der Waals surface area contributed by atoms with E-state index >= 15 is 0 Å². The number of aliphatic hydroxyl groups excluding tert-OH is 1. The van der Waals surface area contributed by atoms with Gasteiger partial charge in [0.25, 0.3) is 5.91 Å². The first-order valence-corrected chi connectivity index (χ1v) is 10.4. The van der Waals surface area contributed by atoms with Gasteiger partial charge < -0.3 is 26.2 Å². The Morgan fingerprint density at radius 1 is 1.12 bits per heavy atom. The van der Waals surface area contributed by atoms with Crippen LogP contribution >= 0.6 is 11.6 Å². The topological polar surface area (TPSA) is 141 Å². The van der Waals surface area contributed by atoms with Gasteiger partial charge in [-0.2, -0.15) is 13.2 Å². The third-order valence-electron chi connectivity index (χ3n) is 4.69. The quantitative estimate of drug-likeness (QED) is 0.423. The monoisotopic (exact) mass is 502 g/mol. The lowest BCUT2D eigenvalue weighted by molar-refractivity contribution is -0.192. The highest BCUT2D eigenvalue weighted by Crippen LogP contribution is 2.22. The Labute approximate surface area is 197 Å². The maximum Gasteiger partial charge on any atom is 0.490 e. The SMILES string of the molecule is O=C(Nc1ccc(Cl)cn1)c1cc(CO)ccc1NC(=O)C1CCNCC1.O=C(O)C(F)(F)F. The van der Waals surface area contributed by atoms with E-state index in [0.29, 0.717) is 22.1 Å². The van der Waals surface area contributed by atoms with E-state index in [0.717, 1.165) is 25.9 Å². The molecule has 2 amide bonds. The fraction of sp³-hybridized carbons (Fsp3) is 0.333. The average Bonchev–Trinajstić information content (AvgIpc) is 2.81. The summed E-state index contributed by atoms with van der Waals surface area (Å²) >= 11 is 5.81. The molecular weight excluding hydrogens is 481 g/mol. The molecule has 1 aromatic carbocycles. The number of anilines is 2. The molecule has 34 heavy (non-hydrogen) atoms. The van der Waals surface area contributed by atoms with Crippen LogP contribution in [0, 0.1) is 5.92 Å². The zero-order valence-electron chi connectivity index (χ0n) is 17.7. The molecule has 13 heteroatoms. The second-order valence-electron chi connectivity index (χ2n) is 7.17. The molecule has 3 rings (SSSR count). The number of rotatable bonds is 5. The molecule has 5 N–H and O–H groups in total. The van der Waals surface area contributed by atoms with Crippen LogP contribution in [0.25, 0.3) is 0 Å². The van der Waals surface area contributed by atoms with E-state index in [-0.39, 0.29) is 24.0 Å². The Morgan fingerprint density at radius 3 is 2.29 bits per heavy atom. The van der Waals surface area contributed by atoms with E-state index in [4.69, 9.17) is 21.5 Å². The molecule has 1 aromatic heterocycles. The molecule has 1 aliphatic rings. The summed E-state index contributed by atoms with van der Waals surface area (Å²) in [6.45, 7) is 1.40. The number of pyridine rings is 1. The van der Waals surface area contributed by atoms with Gasteiger partial charge in [0.2, 0.25) is 5.91 Å². The van der Waals surface area contributed by atoms with Gasteiger partial charge in [-0.3, -0.25) is 9.59 Å². The molecule has 0 radical (unpaired) electrons. The Balaban J connectivity index is 0.000000509. The van der Waals surface area contributed by atoms with E-state index in [1.165, 1.54) is 6.20 Å². The zero-order chi connectivity index (χ0) is 25.3. The Bertz CT molecular complexity index is 1010. The van der Waals surface area contributed by atoms with Crippen molar-refractivity contribution < 1.29 is 37.8 Å². The van der Waals surface area contributed by atoms with Crippen LogP contribution < -0.4 is 16.0 Å². The van der Waals surface area contributed by atoms with Crippen molar-refractivity contribution in [3.05, 3.63) is 52.7 Å². The summed E-state index contributed by atoms with van der Waals surface area (Å²) < 4.78 is 31.7. The molecule has 0 spiro atoms. The zero-order valence-corrected chi connectivity index (χ0v) is 18.4. The van der Waals surface area contributed by atoms with Crippen LogP contribution in [0.1, 0.15) is 28.8 Å². The molecule has 184 valence electrons. The molecular formula is C21H22ClF3N4O5. The van der Waals surface area contributed by atoms with E-state index in [1.54, 1.807) is 30.3 Å². The molecule has 1 aliphatic heterocycles. The number of aliphatic hydroxyl groups is 1. The fourth-order valence-corrected chi connectivity index (χ4v) is 3.05. The molecule has 0 bridgehead atoms. The number of halogens is 4. The number of amides is 2. The second kappa shape index (κ2) is 12.3. The molecule has 0 saturated carbocycles. The van der Waals surface area contributed by atoms with E-state index in [2.05, 4.69) is 20.9 Å². The van der Waals surface area contributed by atoms with Crippen LogP contribution in [0.3, 0.4) is 0 Å². The summed E-state index contributed by atoms with van der Waals surface area (Å²) in [5.41, 5.74) is 1.24. The summed E-state index contributed by atoms with van der Waals surface area (Å²) in [7, 11) is 0. The van der Waals surface area contributed by atoms with Crippen molar-refractivity contribution in [2.75, 3.05) is 23.7 Å². The average molecular weight is 503 g/mol. The third-order valence-corrected chi connectivity index (χ3v) is 4.91. The molecule has 0 aliphatic carbocycles. The maximum absolute atomic E-state index is 12.7. The van der Waals surface area contributed by atoms with Gasteiger partial charge in [-0.25, -0.2) is 9.78 Å². The van der Waals surface area contributed by atoms with Crippen LogP contribution in [-0.2, 0) is 16.2 Å². The van der Waals surface area contributed by atoms with Crippen molar-refractivity contribution in [3.8, 4) is 0 Å². The lowest BCUT2D eigenvalue weighted by Crippen LogP contribution is -2.35. The molecule has 2 aromatic rings. The highest BCUT2D eigenvalue weighted by Gasteiger charge is 2.38. The van der Waals surface area contributed by atoms with Crippen LogP contribution in [0.15, 0.2) is 36.5 Å². The Morgan fingerprint density at radius 2 is 1.76 bits per heavy atom. The van der Waals surface area contributed by atoms with Gasteiger partial charge in [-0.05, 0) is 55.8 Å². The molecule has 9 nitrogen and oxygen atoms in total. The van der Waals surface area contributed by atoms with Gasteiger partial charge in [0, 0.05) is 12.1 Å². The highest BCUT2D eigenvalue weighted by atomic mass is 35.5. The van der Waals surface area contributed by atoms with Gasteiger partial charge in [0.05, 0.1) is 22.9 Å². The predicted octanol–water partition coefficient (Wildman–Crippen LogP) is 3.05. The normalized spacial score (nSPS) is 13.9. The van der Waals surface area contributed by atoms with Crippen LogP contribution in [0.5, 0.6) is 0 Å². The van der Waals surface area contributed by atoms with Crippen LogP contribution in [-0.4, -0.2) is 52.2 Å². The first-order valence-electron chi connectivity index (χ1n) is 9.99. The summed E-state index contributed by atoms with van der Waals surface area (Å²) in [4.78, 5) is 38.2. The van der Waals surface area contributed by atoms with Gasteiger partial charge in [-0.15, -0.1) is 0 Å². The standard InChI is InChI=1S/C19H21ClN4O3.C2HF3O2/c20-14-2-4-17(22-10-14)24-19(27)15-9-12(11-25)1-3-16(15)23-18(26)13-5-7-21-8-6-13;3-2(4,5)1(6)7/h1-4,9-10,13,21,25H,5-8,11H2,(H,23,26)(H,22,24,27);(H,6,7). The highest BCUT2D eigenvalue weighted by molar-refractivity contribution is 6.30. The minimum atomic E-state index is -5.08. The summed E-state index contributed by atoms with van der Waals surface area (Å²) in [5, 5.41) is 25.7. The van der Waals surface area contributed by atoms with Gasteiger partial charge in [0.1, 0.15) is 5.82 Å². The number of carboxylic acid groups (broad SMARTS) is 1. The fourth-order valence-electron chi connectivity index (χ4n) is 2.94. The van der Waals surface area contributed by atoms with Crippen LogP contribution in [0.2, 0.25) is 5.02 Å². The first kappa shape index (κ1) is 27.0. The van der Waals surface area contributed by atoms with Crippen LogP contribution in [0.4, 0.5) is 24.7 Å². The minimum Gasteiger partial charge on any atom is -0.475 e. The number of carbonyl (C=O) groups is 3. The Kier molecular flexibility index (Phi) is 9.78. The number of nitrogens with one attached hydrogen (secondary N) is 3. The Hall–Kier alpha value is -3.22. The number of hydrogen-bond acceptors (Lipinski definition) is 6. The smallest absolute Gasteiger partial charge is 0.475 e. The summed E-state index contributed by atoms with van der Waals surface area (Å²) in [6, 6.07) is 8.07. The minimum absolute atomic E-state index is 0.0855. The predicted molar refractivity (Wildman–Crippen MR) is 117 cm³/mol. The maximum atomic E-state index is 12.7. The van der Waals surface area contributed by atoms with E-state index in [1.807, 2.05) is 0 Å². The van der Waals surface area contributed by atoms with E-state index < -0.39 is 18.1 Å². The molecule has 2 heterocycles. The summed E-state index contributed by atoms with van der Waals surface area (Å²) in [6.07, 6.45) is -2.13. The van der Waals surface area contributed by atoms with Gasteiger partial charge >= 0.3 is 12.1 Å². The molecule has 1 fully saturated rings. The number of aliphatic carboxylic acids is 1. The lowest BCUT2D eigenvalue weighted by atomic mass is 9.97. The van der Waals surface area contributed by atoms with Crippen molar-refractivity contribution >= 4 is 40.9 Å². The van der Waals surface area contributed by atoms with Gasteiger partial charge in [-0.1, -0.05) is 17.7 Å². The number of carboxylic acids is 1. The largest absolute Gasteiger partial charge is 0.490 e. The van der Waals surface area contributed by atoms with Crippen molar-refractivity contribution in [2.45, 2.75) is 25.6 Å². The number of carbonyl (C=O) groups excluding carboxylic acids is 2. The summed E-state index contributed by atoms with van der Waals surface area (Å²) in [5.74, 6) is -3.04. The second-order valence-corrected chi connectivity index (χ2v) is 7.61. The van der Waals surface area contributed by atoms with Crippen molar-refractivity contribution in [2.24, 2.45) is 5.92 Å². The number of aromatic nitrogens is 1. The van der Waals surface area contributed by atoms with E-state index in [9.17, 15) is 27.9 Å². The van der Waals surface area contributed by atoms with Crippen molar-refractivity contribution in [3.63, 3.8) is 0 Å². The van der Waals surface area contributed by atoms with Crippen molar-refractivity contribution in [1.29, 1.82) is 0 Å². The van der Waals surface area contributed by atoms with Gasteiger partial charge in [0.15, 0.2) is 0 Å². The molecule has 0 unspecified atom stereocenters. The lowest BCUT2D eigenvalue weighted by Gasteiger charge is -2.22. The number of nitrogens with zero attached hydrogens (tertiary/aromatic N) is 1. The molecule has 0 atom stereocenters. The molecule has 1 saturated heterocycles. The van der Waals surface area contributed by atoms with Crippen molar-refractivity contribution in [1.82, 2.24) is 10.3 Å². The third kappa shape index (κ3) is 8.28. The number of benzene rings is 1. The number of piperidine rings is 1. The first-order chi connectivity index (χ1) is 16.0.